The van der Waals surface area contributed by atoms with Crippen LogP contribution in [0, 0.1) is 17.5 Å². The van der Waals surface area contributed by atoms with Crippen LogP contribution < -0.4 is 5.32 Å². The molecule has 1 aromatic carbocycles. The molecule has 108 valence electrons. The lowest BCUT2D eigenvalue weighted by molar-refractivity contribution is 0.162. The third-order valence-electron chi connectivity index (χ3n) is 3.36. The molecule has 0 unspecified atom stereocenters. The maximum absolute atomic E-state index is 13.8. The van der Waals surface area contributed by atoms with E-state index in [0.29, 0.717) is 6.42 Å². The quantitative estimate of drug-likeness (QED) is 0.922. The molecule has 0 bridgehead atoms. The highest BCUT2D eigenvalue weighted by atomic mass is 35.5. The van der Waals surface area contributed by atoms with Gasteiger partial charge in [0.2, 0.25) is 0 Å². The topological polar surface area (TPSA) is 15.3 Å². The van der Waals surface area contributed by atoms with Gasteiger partial charge in [-0.2, -0.15) is 0 Å². The summed E-state index contributed by atoms with van der Waals surface area (Å²) in [5.41, 5.74) is -0.0131. The molecule has 1 aromatic rings. The molecule has 1 saturated heterocycles. The Morgan fingerprint density at radius 2 is 1.68 bits per heavy atom. The van der Waals surface area contributed by atoms with Gasteiger partial charge in [-0.15, -0.1) is 12.4 Å². The van der Waals surface area contributed by atoms with Gasteiger partial charge in [0, 0.05) is 49.9 Å². The van der Waals surface area contributed by atoms with Crippen LogP contribution in [0.5, 0.6) is 0 Å². The van der Waals surface area contributed by atoms with E-state index in [1.165, 1.54) is 0 Å². The van der Waals surface area contributed by atoms with E-state index in [1.807, 2.05) is 11.8 Å². The van der Waals surface area contributed by atoms with Crippen molar-refractivity contribution in [2.24, 2.45) is 0 Å². The Morgan fingerprint density at radius 1 is 1.16 bits per heavy atom. The lowest BCUT2D eigenvalue weighted by Crippen LogP contribution is -2.45. The van der Waals surface area contributed by atoms with Crippen LogP contribution in [0.4, 0.5) is 13.2 Å². The van der Waals surface area contributed by atoms with Crippen LogP contribution in [0.2, 0.25) is 0 Å². The van der Waals surface area contributed by atoms with Crippen LogP contribution in [-0.2, 0) is 0 Å². The van der Waals surface area contributed by atoms with Gasteiger partial charge < -0.3 is 5.32 Å². The summed E-state index contributed by atoms with van der Waals surface area (Å²) in [6.07, 6.45) is 0.597. The Bertz CT molecular complexity index is 399. The Kier molecular flexibility index (Phi) is 6.10. The van der Waals surface area contributed by atoms with Crippen molar-refractivity contribution in [2.45, 2.75) is 19.4 Å². The molecule has 0 saturated carbocycles. The predicted molar refractivity (Wildman–Crippen MR) is 71.0 cm³/mol. The summed E-state index contributed by atoms with van der Waals surface area (Å²) in [5, 5.41) is 3.19. The second-order valence-corrected chi connectivity index (χ2v) is 4.49. The SMILES string of the molecule is CC[C@@H](c1c(F)cc(F)cc1F)N1CCNCC1.Cl. The van der Waals surface area contributed by atoms with Crippen molar-refractivity contribution in [3.05, 3.63) is 35.1 Å². The van der Waals surface area contributed by atoms with Crippen LogP contribution >= 0.6 is 12.4 Å². The minimum atomic E-state index is -0.871. The average Bonchev–Trinajstić information content (AvgIpc) is 2.34. The number of piperazine rings is 1. The van der Waals surface area contributed by atoms with Crippen LogP contribution in [0.3, 0.4) is 0 Å². The van der Waals surface area contributed by atoms with Crippen molar-refractivity contribution in [3.8, 4) is 0 Å². The minimum absolute atomic E-state index is 0. The normalized spacial score (nSPS) is 17.9. The molecule has 1 heterocycles. The first-order valence-corrected chi connectivity index (χ1v) is 6.22. The maximum Gasteiger partial charge on any atom is 0.133 e. The van der Waals surface area contributed by atoms with Crippen LogP contribution in [-0.4, -0.2) is 31.1 Å². The second kappa shape index (κ2) is 7.12. The van der Waals surface area contributed by atoms with Crippen molar-refractivity contribution in [1.82, 2.24) is 10.2 Å². The maximum atomic E-state index is 13.8. The molecule has 0 aliphatic carbocycles. The van der Waals surface area contributed by atoms with Gasteiger partial charge in [0.25, 0.3) is 0 Å². The summed E-state index contributed by atoms with van der Waals surface area (Å²) in [7, 11) is 0. The molecule has 0 amide bonds. The largest absolute Gasteiger partial charge is 0.314 e. The van der Waals surface area contributed by atoms with E-state index in [4.69, 9.17) is 0 Å². The third kappa shape index (κ3) is 3.61. The standard InChI is InChI=1S/C13H17F3N2.ClH/c1-2-12(18-5-3-17-4-6-18)13-10(15)7-9(14)8-11(13)16;/h7-8,12,17H,2-6H2,1H3;1H/t12-;/m0./s1. The molecule has 1 aliphatic heterocycles. The summed E-state index contributed by atoms with van der Waals surface area (Å²) in [5.74, 6) is -2.46. The zero-order valence-electron chi connectivity index (χ0n) is 10.8. The molecule has 2 nitrogen and oxygen atoms in total. The van der Waals surface area contributed by atoms with Crippen molar-refractivity contribution in [1.29, 1.82) is 0 Å². The number of nitrogens with one attached hydrogen (secondary N) is 1. The molecule has 6 heteroatoms. The zero-order chi connectivity index (χ0) is 13.1. The third-order valence-corrected chi connectivity index (χ3v) is 3.36. The summed E-state index contributed by atoms with van der Waals surface area (Å²) < 4.78 is 40.5. The highest BCUT2D eigenvalue weighted by Gasteiger charge is 2.26. The summed E-state index contributed by atoms with van der Waals surface area (Å²) in [4.78, 5) is 2.04. The number of hydrogen-bond donors (Lipinski definition) is 1. The predicted octanol–water partition coefficient (Wildman–Crippen LogP) is 2.88. The van der Waals surface area contributed by atoms with Crippen LogP contribution in [0.25, 0.3) is 0 Å². The molecule has 1 N–H and O–H groups in total. The highest BCUT2D eigenvalue weighted by Crippen LogP contribution is 2.29. The highest BCUT2D eigenvalue weighted by molar-refractivity contribution is 5.85. The van der Waals surface area contributed by atoms with E-state index in [-0.39, 0.29) is 24.0 Å². The first kappa shape index (κ1) is 16.3. The Morgan fingerprint density at radius 3 is 2.16 bits per heavy atom. The number of hydrogen-bond acceptors (Lipinski definition) is 2. The Balaban J connectivity index is 0.00000180. The molecule has 0 radical (unpaired) electrons. The number of benzene rings is 1. The number of rotatable bonds is 3. The first-order chi connectivity index (χ1) is 8.63. The van der Waals surface area contributed by atoms with Gasteiger partial charge in [-0.25, -0.2) is 13.2 Å². The summed E-state index contributed by atoms with van der Waals surface area (Å²) in [6.45, 7) is 4.99. The van der Waals surface area contributed by atoms with Crippen LogP contribution in [0.1, 0.15) is 24.9 Å². The number of halogens is 4. The summed E-state index contributed by atoms with van der Waals surface area (Å²) in [6, 6.07) is 1.18. The van der Waals surface area contributed by atoms with E-state index in [9.17, 15) is 13.2 Å². The van der Waals surface area contributed by atoms with E-state index >= 15 is 0 Å². The molecular formula is C13H18ClF3N2. The molecule has 0 aromatic heterocycles. The monoisotopic (exact) mass is 294 g/mol. The fourth-order valence-corrected chi connectivity index (χ4v) is 2.51. The van der Waals surface area contributed by atoms with Crippen molar-refractivity contribution < 1.29 is 13.2 Å². The molecule has 1 fully saturated rings. The fourth-order valence-electron chi connectivity index (χ4n) is 2.51. The van der Waals surface area contributed by atoms with Gasteiger partial charge in [-0.1, -0.05) is 6.92 Å². The fraction of sp³-hybridized carbons (Fsp3) is 0.538. The van der Waals surface area contributed by atoms with Gasteiger partial charge in [0.1, 0.15) is 17.5 Å². The minimum Gasteiger partial charge on any atom is -0.314 e. The molecule has 0 spiro atoms. The molecule has 1 aliphatic rings. The van der Waals surface area contributed by atoms with Crippen molar-refractivity contribution in [2.75, 3.05) is 26.2 Å². The van der Waals surface area contributed by atoms with Crippen LogP contribution in [0.15, 0.2) is 12.1 Å². The van der Waals surface area contributed by atoms with E-state index in [2.05, 4.69) is 5.32 Å². The van der Waals surface area contributed by atoms with Gasteiger partial charge in [-0.3, -0.25) is 4.90 Å². The van der Waals surface area contributed by atoms with Crippen molar-refractivity contribution in [3.63, 3.8) is 0 Å². The smallest absolute Gasteiger partial charge is 0.133 e. The Hall–Kier alpha value is -0.780. The molecule has 1 atom stereocenters. The Labute approximate surface area is 117 Å². The lowest BCUT2D eigenvalue weighted by atomic mass is 10.0. The summed E-state index contributed by atoms with van der Waals surface area (Å²) >= 11 is 0. The first-order valence-electron chi connectivity index (χ1n) is 6.22. The molecule has 19 heavy (non-hydrogen) atoms. The number of nitrogens with zero attached hydrogens (tertiary/aromatic N) is 1. The van der Waals surface area contributed by atoms with E-state index in [1.54, 1.807) is 0 Å². The van der Waals surface area contributed by atoms with Gasteiger partial charge in [0.05, 0.1) is 0 Å². The van der Waals surface area contributed by atoms with Crippen molar-refractivity contribution >= 4 is 12.4 Å². The van der Waals surface area contributed by atoms with Gasteiger partial charge in [-0.05, 0) is 6.42 Å². The van der Waals surface area contributed by atoms with E-state index < -0.39 is 17.5 Å². The van der Waals surface area contributed by atoms with Gasteiger partial charge in [0.15, 0.2) is 0 Å². The second-order valence-electron chi connectivity index (χ2n) is 4.49. The van der Waals surface area contributed by atoms with E-state index in [0.717, 1.165) is 38.3 Å². The zero-order valence-corrected chi connectivity index (χ0v) is 11.6. The van der Waals surface area contributed by atoms with Gasteiger partial charge >= 0.3 is 0 Å². The lowest BCUT2D eigenvalue weighted by Gasteiger charge is -2.35. The molecule has 2 rings (SSSR count). The molecular weight excluding hydrogens is 277 g/mol. The average molecular weight is 295 g/mol.